The number of benzene rings is 1. The molecule has 3 N–H and O–H groups in total. The van der Waals surface area contributed by atoms with Gasteiger partial charge in [-0.25, -0.2) is 5.84 Å². The topological polar surface area (TPSA) is 64.3 Å². The second kappa shape index (κ2) is 6.52. The van der Waals surface area contributed by atoms with Crippen LogP contribution in [0.1, 0.15) is 41.6 Å². The molecule has 0 unspecified atom stereocenters. The molecule has 0 radical (unpaired) electrons. The highest BCUT2D eigenvalue weighted by Crippen LogP contribution is 2.29. The molecule has 1 aliphatic rings. The molecule has 1 amide bonds. The third kappa shape index (κ3) is 3.55. The monoisotopic (exact) mass is 248 g/mol. The minimum absolute atomic E-state index is 0.272. The number of amides is 1. The number of carbonyl (C=O) groups excluding carboxylic acids is 1. The van der Waals surface area contributed by atoms with E-state index >= 15 is 0 Å². The van der Waals surface area contributed by atoms with E-state index in [0.29, 0.717) is 12.2 Å². The van der Waals surface area contributed by atoms with Crippen molar-refractivity contribution in [1.29, 1.82) is 0 Å². The normalized spacial score (nSPS) is 15.2. The second-order valence-electron chi connectivity index (χ2n) is 4.81. The van der Waals surface area contributed by atoms with E-state index in [-0.39, 0.29) is 5.91 Å². The molecule has 1 fully saturated rings. The Balaban J connectivity index is 1.75. The molecule has 4 heteroatoms. The van der Waals surface area contributed by atoms with E-state index in [1.807, 2.05) is 18.2 Å². The predicted octanol–water partition coefficient (Wildman–Crippen LogP) is 2.00. The number of nitrogens with two attached hydrogens (primary N) is 1. The Morgan fingerprint density at radius 3 is 2.94 bits per heavy atom. The number of hydrogen-bond donors (Lipinski definition) is 2. The summed E-state index contributed by atoms with van der Waals surface area (Å²) in [5.41, 5.74) is 3.70. The van der Waals surface area contributed by atoms with Gasteiger partial charge in [0, 0.05) is 12.2 Å². The van der Waals surface area contributed by atoms with Crippen LogP contribution >= 0.6 is 0 Å². The number of nitrogens with one attached hydrogen (secondary N) is 1. The van der Waals surface area contributed by atoms with Crippen LogP contribution in [-0.4, -0.2) is 12.5 Å². The maximum Gasteiger partial charge on any atom is 0.265 e. The lowest BCUT2D eigenvalue weighted by molar-refractivity contribution is 0.0938. The summed E-state index contributed by atoms with van der Waals surface area (Å²) in [6.07, 6.45) is 5.24. The molecule has 4 nitrogen and oxygen atoms in total. The van der Waals surface area contributed by atoms with Gasteiger partial charge in [-0.1, -0.05) is 31.4 Å². The maximum absolute atomic E-state index is 11.4. The Hall–Kier alpha value is -1.39. The van der Waals surface area contributed by atoms with Gasteiger partial charge in [-0.15, -0.1) is 0 Å². The highest BCUT2D eigenvalue weighted by atomic mass is 16.5. The quantitative estimate of drug-likeness (QED) is 0.350. The SMILES string of the molecule is NNC(=O)c1cccc(COCCC2CCC2)c1. The smallest absolute Gasteiger partial charge is 0.265 e. The van der Waals surface area contributed by atoms with Crippen LogP contribution in [0.2, 0.25) is 0 Å². The second-order valence-corrected chi connectivity index (χ2v) is 4.81. The molecule has 0 bridgehead atoms. The minimum Gasteiger partial charge on any atom is -0.377 e. The van der Waals surface area contributed by atoms with Crippen LogP contribution in [0.15, 0.2) is 24.3 Å². The fraction of sp³-hybridized carbons (Fsp3) is 0.500. The zero-order valence-electron chi connectivity index (χ0n) is 10.5. The fourth-order valence-electron chi connectivity index (χ4n) is 2.11. The third-order valence-corrected chi connectivity index (χ3v) is 3.48. The van der Waals surface area contributed by atoms with E-state index in [4.69, 9.17) is 10.6 Å². The largest absolute Gasteiger partial charge is 0.377 e. The van der Waals surface area contributed by atoms with Crippen LogP contribution in [0.5, 0.6) is 0 Å². The van der Waals surface area contributed by atoms with Crippen molar-refractivity contribution in [3.63, 3.8) is 0 Å². The van der Waals surface area contributed by atoms with E-state index in [9.17, 15) is 4.79 Å². The van der Waals surface area contributed by atoms with Crippen LogP contribution in [0.3, 0.4) is 0 Å². The number of hydrazine groups is 1. The number of carbonyl (C=O) groups is 1. The van der Waals surface area contributed by atoms with Crippen molar-refractivity contribution in [3.05, 3.63) is 35.4 Å². The lowest BCUT2D eigenvalue weighted by atomic mass is 9.83. The van der Waals surface area contributed by atoms with Crippen LogP contribution in [0.4, 0.5) is 0 Å². The van der Waals surface area contributed by atoms with Gasteiger partial charge in [0.2, 0.25) is 0 Å². The van der Waals surface area contributed by atoms with Gasteiger partial charge in [0.1, 0.15) is 0 Å². The van der Waals surface area contributed by atoms with E-state index < -0.39 is 0 Å². The number of rotatable bonds is 6. The average molecular weight is 248 g/mol. The van der Waals surface area contributed by atoms with E-state index in [1.165, 1.54) is 19.3 Å². The summed E-state index contributed by atoms with van der Waals surface area (Å²) in [7, 11) is 0. The molecule has 1 saturated carbocycles. The number of hydrogen-bond acceptors (Lipinski definition) is 3. The molecular weight excluding hydrogens is 228 g/mol. The molecule has 0 atom stereocenters. The first kappa shape index (κ1) is 13.1. The number of nitrogen functional groups attached to an aromatic ring is 1. The minimum atomic E-state index is -0.272. The van der Waals surface area contributed by atoms with Gasteiger partial charge in [-0.3, -0.25) is 10.2 Å². The number of ether oxygens (including phenoxy) is 1. The van der Waals surface area contributed by atoms with Crippen molar-refractivity contribution >= 4 is 5.91 Å². The molecule has 0 spiro atoms. The van der Waals surface area contributed by atoms with Gasteiger partial charge in [-0.2, -0.15) is 0 Å². The zero-order chi connectivity index (χ0) is 12.8. The lowest BCUT2D eigenvalue weighted by Crippen LogP contribution is -2.30. The molecule has 0 saturated heterocycles. The van der Waals surface area contributed by atoms with Crippen LogP contribution < -0.4 is 11.3 Å². The summed E-state index contributed by atoms with van der Waals surface area (Å²) in [4.78, 5) is 11.4. The summed E-state index contributed by atoms with van der Waals surface area (Å²) >= 11 is 0. The Kier molecular flexibility index (Phi) is 4.73. The summed E-state index contributed by atoms with van der Waals surface area (Å²) in [5.74, 6) is 5.70. The summed E-state index contributed by atoms with van der Waals surface area (Å²) < 4.78 is 5.63. The standard InChI is InChI=1S/C14H20N2O2/c15-16-14(17)13-6-2-5-12(9-13)10-18-8-7-11-3-1-4-11/h2,5-6,9,11H,1,3-4,7-8,10,15H2,(H,16,17). The zero-order valence-corrected chi connectivity index (χ0v) is 10.5. The van der Waals surface area contributed by atoms with Crippen molar-refractivity contribution < 1.29 is 9.53 Å². The molecular formula is C14H20N2O2. The maximum atomic E-state index is 11.4. The Morgan fingerprint density at radius 1 is 1.44 bits per heavy atom. The first-order valence-electron chi connectivity index (χ1n) is 6.47. The van der Waals surface area contributed by atoms with E-state index in [0.717, 1.165) is 24.5 Å². The molecule has 2 rings (SSSR count). The Morgan fingerprint density at radius 2 is 2.28 bits per heavy atom. The summed E-state index contributed by atoms with van der Waals surface area (Å²) in [6, 6.07) is 7.34. The molecule has 1 aromatic carbocycles. The van der Waals surface area contributed by atoms with Gasteiger partial charge in [0.15, 0.2) is 0 Å². The highest BCUT2D eigenvalue weighted by Gasteiger charge is 2.16. The van der Waals surface area contributed by atoms with Gasteiger partial charge in [0.25, 0.3) is 5.91 Å². The first-order valence-corrected chi connectivity index (χ1v) is 6.47. The predicted molar refractivity (Wildman–Crippen MR) is 69.7 cm³/mol. The molecule has 0 aliphatic heterocycles. The molecule has 1 aliphatic carbocycles. The Bertz CT molecular complexity index is 403. The highest BCUT2D eigenvalue weighted by molar-refractivity contribution is 5.93. The van der Waals surface area contributed by atoms with Crippen molar-refractivity contribution in [3.8, 4) is 0 Å². The van der Waals surface area contributed by atoms with E-state index in [1.54, 1.807) is 6.07 Å². The van der Waals surface area contributed by atoms with Gasteiger partial charge in [0.05, 0.1) is 6.61 Å². The van der Waals surface area contributed by atoms with Crippen LogP contribution in [0.25, 0.3) is 0 Å². The van der Waals surface area contributed by atoms with E-state index in [2.05, 4.69) is 5.43 Å². The van der Waals surface area contributed by atoms with Gasteiger partial charge in [-0.05, 0) is 30.0 Å². The molecule has 98 valence electrons. The van der Waals surface area contributed by atoms with Crippen molar-refractivity contribution in [1.82, 2.24) is 5.43 Å². The van der Waals surface area contributed by atoms with Crippen molar-refractivity contribution in [2.45, 2.75) is 32.3 Å². The van der Waals surface area contributed by atoms with Crippen LogP contribution in [-0.2, 0) is 11.3 Å². The molecule has 18 heavy (non-hydrogen) atoms. The Labute approximate surface area is 107 Å². The lowest BCUT2D eigenvalue weighted by Gasteiger charge is -2.24. The van der Waals surface area contributed by atoms with Crippen molar-refractivity contribution in [2.24, 2.45) is 11.8 Å². The van der Waals surface area contributed by atoms with Crippen molar-refractivity contribution in [2.75, 3.05) is 6.61 Å². The first-order chi connectivity index (χ1) is 8.79. The average Bonchev–Trinajstić information content (AvgIpc) is 2.36. The van der Waals surface area contributed by atoms with Gasteiger partial charge >= 0.3 is 0 Å². The van der Waals surface area contributed by atoms with Gasteiger partial charge < -0.3 is 4.74 Å². The summed E-state index contributed by atoms with van der Waals surface area (Å²) in [6.45, 7) is 1.36. The molecule has 0 heterocycles. The molecule has 1 aromatic rings. The fourth-order valence-corrected chi connectivity index (χ4v) is 2.11. The summed E-state index contributed by atoms with van der Waals surface area (Å²) in [5, 5.41) is 0. The van der Waals surface area contributed by atoms with Crippen LogP contribution in [0, 0.1) is 5.92 Å². The third-order valence-electron chi connectivity index (χ3n) is 3.48. The molecule has 0 aromatic heterocycles.